The van der Waals surface area contributed by atoms with E-state index in [-0.39, 0.29) is 16.5 Å². The minimum atomic E-state index is -3.95. The van der Waals surface area contributed by atoms with Gasteiger partial charge in [-0.2, -0.15) is 0 Å². The number of hydrogen-bond donors (Lipinski definition) is 3. The minimum absolute atomic E-state index is 0.0385. The summed E-state index contributed by atoms with van der Waals surface area (Å²) in [5, 5.41) is 10.2. The number of nitrogens with two attached hydrogens (primary N) is 1. The van der Waals surface area contributed by atoms with Crippen molar-refractivity contribution in [2.75, 3.05) is 11.9 Å². The van der Waals surface area contributed by atoms with Gasteiger partial charge >= 0.3 is 0 Å². The molecule has 0 radical (unpaired) electrons. The first-order chi connectivity index (χ1) is 9.25. The highest BCUT2D eigenvalue weighted by atomic mass is 32.2. The van der Waals surface area contributed by atoms with Crippen molar-refractivity contribution in [3.63, 3.8) is 0 Å². The molecule has 1 aromatic rings. The topological polar surface area (TPSA) is 101 Å². The summed E-state index contributed by atoms with van der Waals surface area (Å²) in [6.45, 7) is 4.04. The van der Waals surface area contributed by atoms with E-state index in [1.807, 2.05) is 6.92 Å². The van der Waals surface area contributed by atoms with Crippen molar-refractivity contribution in [3.05, 3.63) is 24.0 Å². The van der Waals surface area contributed by atoms with Crippen molar-refractivity contribution in [2.24, 2.45) is 5.14 Å². The number of sulfonamides is 1. The standard InChI is InChI=1S/C12H18FN3O3S/c1-3-6-15-12(17)8(2)16-11-5-4-9(7-10(11)13)20(14,18)19/h4-5,7-8,16H,3,6H2,1-2H3,(H,15,17)(H2,14,18,19). The molecule has 112 valence electrons. The lowest BCUT2D eigenvalue weighted by molar-refractivity contribution is -0.121. The van der Waals surface area contributed by atoms with Gasteiger partial charge in [0.1, 0.15) is 11.9 Å². The normalized spacial score (nSPS) is 12.8. The lowest BCUT2D eigenvalue weighted by Crippen LogP contribution is -2.38. The maximum atomic E-state index is 13.7. The van der Waals surface area contributed by atoms with Crippen LogP contribution in [0.5, 0.6) is 0 Å². The number of rotatable bonds is 6. The summed E-state index contributed by atoms with van der Waals surface area (Å²) >= 11 is 0. The Morgan fingerprint density at radius 2 is 2.10 bits per heavy atom. The molecule has 8 heteroatoms. The molecule has 0 heterocycles. The molecule has 1 atom stereocenters. The van der Waals surface area contributed by atoms with E-state index in [1.54, 1.807) is 6.92 Å². The van der Waals surface area contributed by atoms with E-state index >= 15 is 0 Å². The molecular formula is C12H18FN3O3S. The van der Waals surface area contributed by atoms with Gasteiger partial charge in [-0.05, 0) is 31.5 Å². The second-order valence-electron chi connectivity index (χ2n) is 4.34. The fourth-order valence-electron chi connectivity index (χ4n) is 1.49. The largest absolute Gasteiger partial charge is 0.372 e. The van der Waals surface area contributed by atoms with E-state index in [0.29, 0.717) is 6.54 Å². The predicted molar refractivity (Wildman–Crippen MR) is 74.2 cm³/mol. The number of nitrogens with one attached hydrogen (secondary N) is 2. The van der Waals surface area contributed by atoms with E-state index < -0.39 is 21.9 Å². The zero-order valence-corrected chi connectivity index (χ0v) is 12.1. The van der Waals surface area contributed by atoms with E-state index in [2.05, 4.69) is 10.6 Å². The lowest BCUT2D eigenvalue weighted by Gasteiger charge is -2.15. The van der Waals surface area contributed by atoms with Crippen molar-refractivity contribution in [1.29, 1.82) is 0 Å². The maximum Gasteiger partial charge on any atom is 0.242 e. The number of carbonyl (C=O) groups is 1. The number of carbonyl (C=O) groups excluding carboxylic acids is 1. The smallest absolute Gasteiger partial charge is 0.242 e. The third kappa shape index (κ3) is 4.46. The minimum Gasteiger partial charge on any atom is -0.372 e. The summed E-state index contributed by atoms with van der Waals surface area (Å²) in [6.07, 6.45) is 0.801. The van der Waals surface area contributed by atoms with Crippen LogP contribution >= 0.6 is 0 Å². The van der Waals surface area contributed by atoms with E-state index in [4.69, 9.17) is 5.14 Å². The van der Waals surface area contributed by atoms with Crippen molar-refractivity contribution >= 4 is 21.6 Å². The first kappa shape index (κ1) is 16.4. The Hall–Kier alpha value is -1.67. The average Bonchev–Trinajstić information content (AvgIpc) is 2.36. The number of halogens is 1. The van der Waals surface area contributed by atoms with Crippen LogP contribution in [-0.2, 0) is 14.8 Å². The second kappa shape index (κ2) is 6.67. The van der Waals surface area contributed by atoms with Crippen LogP contribution in [0.3, 0.4) is 0 Å². The fraction of sp³-hybridized carbons (Fsp3) is 0.417. The summed E-state index contributed by atoms with van der Waals surface area (Å²) < 4.78 is 35.9. The third-order valence-corrected chi connectivity index (χ3v) is 3.49. The fourth-order valence-corrected chi connectivity index (χ4v) is 2.02. The molecule has 0 saturated carbocycles. The van der Waals surface area contributed by atoms with E-state index in [9.17, 15) is 17.6 Å². The molecule has 1 amide bonds. The van der Waals surface area contributed by atoms with Gasteiger partial charge in [-0.15, -0.1) is 0 Å². The van der Waals surface area contributed by atoms with Crippen LogP contribution in [-0.4, -0.2) is 26.9 Å². The Labute approximate surface area is 117 Å². The third-order valence-electron chi connectivity index (χ3n) is 2.58. The summed E-state index contributed by atoms with van der Waals surface area (Å²) in [7, 11) is -3.95. The van der Waals surface area contributed by atoms with Gasteiger partial charge in [-0.3, -0.25) is 4.79 Å². The molecule has 0 fully saturated rings. The predicted octanol–water partition coefficient (Wildman–Crippen LogP) is 0.800. The Bertz CT molecular complexity index is 590. The molecule has 4 N–H and O–H groups in total. The van der Waals surface area contributed by atoms with Crippen LogP contribution < -0.4 is 15.8 Å². The second-order valence-corrected chi connectivity index (χ2v) is 5.91. The van der Waals surface area contributed by atoms with Crippen LogP contribution in [0.1, 0.15) is 20.3 Å². The monoisotopic (exact) mass is 303 g/mol. The Balaban J connectivity index is 2.81. The van der Waals surface area contributed by atoms with Gasteiger partial charge in [0.05, 0.1) is 10.6 Å². The van der Waals surface area contributed by atoms with E-state index in [1.165, 1.54) is 12.1 Å². The summed E-state index contributed by atoms with van der Waals surface area (Å²) in [6, 6.07) is 2.58. The number of primary sulfonamides is 1. The molecule has 20 heavy (non-hydrogen) atoms. The van der Waals surface area contributed by atoms with Crippen LogP contribution in [0.2, 0.25) is 0 Å². The molecule has 1 unspecified atom stereocenters. The van der Waals surface area contributed by atoms with Crippen molar-refractivity contribution in [2.45, 2.75) is 31.2 Å². The Morgan fingerprint density at radius 1 is 1.45 bits per heavy atom. The van der Waals surface area contributed by atoms with Crippen LogP contribution in [0, 0.1) is 5.82 Å². The van der Waals surface area contributed by atoms with Gasteiger partial charge in [0.2, 0.25) is 15.9 Å². The molecule has 0 aliphatic heterocycles. The summed E-state index contributed by atoms with van der Waals surface area (Å²) in [5.74, 6) is -1.05. The van der Waals surface area contributed by atoms with Gasteiger partial charge in [-0.25, -0.2) is 17.9 Å². The molecule has 0 aliphatic rings. The molecule has 0 aromatic heterocycles. The van der Waals surface area contributed by atoms with Crippen LogP contribution in [0.15, 0.2) is 23.1 Å². The van der Waals surface area contributed by atoms with Gasteiger partial charge < -0.3 is 10.6 Å². The van der Waals surface area contributed by atoms with Crippen molar-refractivity contribution < 1.29 is 17.6 Å². The Kier molecular flexibility index (Phi) is 5.46. The number of benzene rings is 1. The molecule has 0 saturated heterocycles. The highest BCUT2D eigenvalue weighted by Gasteiger charge is 2.16. The first-order valence-corrected chi connectivity index (χ1v) is 7.67. The molecule has 0 bridgehead atoms. The zero-order valence-electron chi connectivity index (χ0n) is 11.3. The SMILES string of the molecule is CCCNC(=O)C(C)Nc1ccc(S(N)(=O)=O)cc1F. The molecule has 6 nitrogen and oxygen atoms in total. The highest BCUT2D eigenvalue weighted by molar-refractivity contribution is 7.89. The molecule has 1 aromatic carbocycles. The van der Waals surface area contributed by atoms with Crippen molar-refractivity contribution in [1.82, 2.24) is 5.32 Å². The molecular weight excluding hydrogens is 285 g/mol. The van der Waals surface area contributed by atoms with Gasteiger partial charge in [-0.1, -0.05) is 6.92 Å². The van der Waals surface area contributed by atoms with Crippen molar-refractivity contribution in [3.8, 4) is 0 Å². The number of hydrogen-bond acceptors (Lipinski definition) is 4. The molecule has 0 aliphatic carbocycles. The summed E-state index contributed by atoms with van der Waals surface area (Å²) in [5.41, 5.74) is 0.0385. The van der Waals surface area contributed by atoms with Crippen LogP contribution in [0.25, 0.3) is 0 Å². The van der Waals surface area contributed by atoms with Gasteiger partial charge in [0.15, 0.2) is 0 Å². The molecule has 0 spiro atoms. The van der Waals surface area contributed by atoms with Gasteiger partial charge in [0, 0.05) is 6.54 Å². The highest BCUT2D eigenvalue weighted by Crippen LogP contribution is 2.18. The Morgan fingerprint density at radius 3 is 2.60 bits per heavy atom. The quantitative estimate of drug-likeness (QED) is 0.723. The lowest BCUT2D eigenvalue weighted by atomic mass is 10.2. The zero-order chi connectivity index (χ0) is 15.3. The van der Waals surface area contributed by atoms with Crippen LogP contribution in [0.4, 0.5) is 10.1 Å². The number of amides is 1. The van der Waals surface area contributed by atoms with Gasteiger partial charge in [0.25, 0.3) is 0 Å². The average molecular weight is 303 g/mol. The summed E-state index contributed by atoms with van der Waals surface area (Å²) in [4.78, 5) is 11.3. The number of anilines is 1. The van der Waals surface area contributed by atoms with E-state index in [0.717, 1.165) is 12.5 Å². The molecule has 1 rings (SSSR count). The first-order valence-electron chi connectivity index (χ1n) is 6.12. The maximum absolute atomic E-state index is 13.7.